The number of nitrogens with one attached hydrogen (secondary N) is 2. The molecule has 1 fully saturated rings. The number of benzene rings is 1. The number of piperidine rings is 1. The Labute approximate surface area is 114 Å². The molecule has 2 N–H and O–H groups in total. The predicted molar refractivity (Wildman–Crippen MR) is 75.4 cm³/mol. The van der Waals surface area contributed by atoms with E-state index in [0.717, 1.165) is 25.4 Å². The van der Waals surface area contributed by atoms with Gasteiger partial charge in [0, 0.05) is 12.6 Å². The Kier molecular flexibility index (Phi) is 5.29. The number of halogens is 1. The molecule has 3 nitrogen and oxygen atoms in total. The summed E-state index contributed by atoms with van der Waals surface area (Å²) in [4.78, 5) is 0. The van der Waals surface area contributed by atoms with Crippen LogP contribution >= 0.6 is 11.6 Å². The third-order valence-corrected chi connectivity index (χ3v) is 3.54. The highest BCUT2D eigenvalue weighted by atomic mass is 35.5. The topological polar surface area (TPSA) is 33.3 Å². The van der Waals surface area contributed by atoms with Gasteiger partial charge in [-0.3, -0.25) is 0 Å². The zero-order chi connectivity index (χ0) is 12.8. The van der Waals surface area contributed by atoms with Crippen LogP contribution in [0.25, 0.3) is 0 Å². The lowest BCUT2D eigenvalue weighted by Gasteiger charge is -2.23. The molecule has 0 unspecified atom stereocenters. The molecular formula is C14H21ClN2O. The Bertz CT molecular complexity index is 378. The van der Waals surface area contributed by atoms with Crippen LogP contribution in [0.3, 0.4) is 0 Å². The fourth-order valence-electron chi connectivity index (χ4n) is 2.21. The summed E-state index contributed by atoms with van der Waals surface area (Å²) in [5.74, 6) is 0.781. The number of hydrogen-bond donors (Lipinski definition) is 2. The van der Waals surface area contributed by atoms with Crippen LogP contribution < -0.4 is 15.4 Å². The quantitative estimate of drug-likeness (QED) is 0.861. The van der Waals surface area contributed by atoms with Crippen LogP contribution in [0, 0.1) is 0 Å². The van der Waals surface area contributed by atoms with Gasteiger partial charge in [0.25, 0.3) is 0 Å². The van der Waals surface area contributed by atoms with Gasteiger partial charge in [-0.05, 0) is 50.6 Å². The Balaban J connectivity index is 1.90. The van der Waals surface area contributed by atoms with Gasteiger partial charge < -0.3 is 15.4 Å². The molecule has 0 amide bonds. The van der Waals surface area contributed by atoms with Crippen molar-refractivity contribution in [2.45, 2.75) is 32.4 Å². The second-order valence-electron chi connectivity index (χ2n) is 4.60. The van der Waals surface area contributed by atoms with Gasteiger partial charge in [0.15, 0.2) is 0 Å². The highest BCUT2D eigenvalue weighted by Gasteiger charge is 2.12. The molecule has 0 aliphatic carbocycles. The monoisotopic (exact) mass is 268 g/mol. The van der Waals surface area contributed by atoms with Crippen molar-refractivity contribution in [2.75, 3.05) is 19.7 Å². The summed E-state index contributed by atoms with van der Waals surface area (Å²) in [6, 6.07) is 6.61. The van der Waals surface area contributed by atoms with Crippen molar-refractivity contribution in [3.8, 4) is 5.75 Å². The van der Waals surface area contributed by atoms with Crippen LogP contribution in [0.2, 0.25) is 5.02 Å². The second kappa shape index (κ2) is 6.98. The molecule has 100 valence electrons. The van der Waals surface area contributed by atoms with E-state index in [0.29, 0.717) is 17.7 Å². The molecule has 18 heavy (non-hydrogen) atoms. The highest BCUT2D eigenvalue weighted by Crippen LogP contribution is 2.25. The van der Waals surface area contributed by atoms with E-state index < -0.39 is 0 Å². The molecule has 1 aliphatic rings. The van der Waals surface area contributed by atoms with Crippen molar-refractivity contribution >= 4 is 11.6 Å². The third-order valence-electron chi connectivity index (χ3n) is 3.23. The minimum atomic E-state index is 0.623. The predicted octanol–water partition coefficient (Wildman–Crippen LogP) is 2.58. The van der Waals surface area contributed by atoms with Gasteiger partial charge in [-0.1, -0.05) is 17.7 Å². The van der Waals surface area contributed by atoms with Gasteiger partial charge >= 0.3 is 0 Å². The molecule has 1 heterocycles. The zero-order valence-corrected chi connectivity index (χ0v) is 11.6. The molecule has 0 bridgehead atoms. The first kappa shape index (κ1) is 13.7. The van der Waals surface area contributed by atoms with Crippen LogP contribution in [-0.2, 0) is 6.54 Å². The lowest BCUT2D eigenvalue weighted by atomic mass is 10.1. The van der Waals surface area contributed by atoms with Crippen molar-refractivity contribution in [3.05, 3.63) is 28.8 Å². The highest BCUT2D eigenvalue weighted by molar-refractivity contribution is 6.32. The first-order valence-electron chi connectivity index (χ1n) is 6.65. The Hall–Kier alpha value is -0.770. The zero-order valence-electron chi connectivity index (χ0n) is 10.8. The smallest absolute Gasteiger partial charge is 0.138 e. The SMILES string of the molecule is CCOc1cc(CNC2CCNCC2)ccc1Cl. The summed E-state index contributed by atoms with van der Waals surface area (Å²) in [5, 5.41) is 7.64. The lowest BCUT2D eigenvalue weighted by molar-refractivity contribution is 0.339. The first-order valence-corrected chi connectivity index (χ1v) is 7.02. The van der Waals surface area contributed by atoms with Crippen LogP contribution in [0.5, 0.6) is 5.75 Å². The van der Waals surface area contributed by atoms with Gasteiger partial charge in [-0.25, -0.2) is 0 Å². The number of hydrogen-bond acceptors (Lipinski definition) is 3. The standard InChI is InChI=1S/C14H21ClN2O/c1-2-18-14-9-11(3-4-13(14)15)10-17-12-5-7-16-8-6-12/h3-4,9,12,16-17H,2,5-8,10H2,1H3. The van der Waals surface area contributed by atoms with Crippen molar-refractivity contribution in [2.24, 2.45) is 0 Å². The van der Waals surface area contributed by atoms with Crippen molar-refractivity contribution in [3.63, 3.8) is 0 Å². The van der Waals surface area contributed by atoms with Crippen LogP contribution in [-0.4, -0.2) is 25.7 Å². The van der Waals surface area contributed by atoms with E-state index in [9.17, 15) is 0 Å². The maximum Gasteiger partial charge on any atom is 0.138 e. The van der Waals surface area contributed by atoms with Crippen molar-refractivity contribution < 1.29 is 4.74 Å². The van der Waals surface area contributed by atoms with E-state index in [2.05, 4.69) is 16.7 Å². The molecule has 1 aromatic rings. The van der Waals surface area contributed by atoms with Gasteiger partial charge in [0.1, 0.15) is 5.75 Å². The Morgan fingerprint density at radius 2 is 2.17 bits per heavy atom. The minimum absolute atomic E-state index is 0.623. The summed E-state index contributed by atoms with van der Waals surface area (Å²) in [5.41, 5.74) is 1.22. The number of rotatable bonds is 5. The molecule has 1 aliphatic heterocycles. The summed E-state index contributed by atoms with van der Waals surface area (Å²) in [6.07, 6.45) is 2.40. The van der Waals surface area contributed by atoms with Gasteiger partial charge in [0.05, 0.1) is 11.6 Å². The second-order valence-corrected chi connectivity index (χ2v) is 5.01. The van der Waals surface area contributed by atoms with Crippen LogP contribution in [0.15, 0.2) is 18.2 Å². The number of ether oxygens (including phenoxy) is 1. The van der Waals surface area contributed by atoms with E-state index in [1.165, 1.54) is 18.4 Å². The summed E-state index contributed by atoms with van der Waals surface area (Å²) >= 11 is 6.07. The average molecular weight is 269 g/mol. The summed E-state index contributed by atoms with van der Waals surface area (Å²) in [7, 11) is 0. The third kappa shape index (κ3) is 3.87. The first-order chi connectivity index (χ1) is 8.79. The largest absolute Gasteiger partial charge is 0.492 e. The molecule has 1 aromatic carbocycles. The Morgan fingerprint density at radius 3 is 2.89 bits per heavy atom. The van der Waals surface area contributed by atoms with Crippen LogP contribution in [0.1, 0.15) is 25.3 Å². The van der Waals surface area contributed by atoms with E-state index in [-0.39, 0.29) is 0 Å². The molecule has 0 saturated carbocycles. The molecule has 4 heteroatoms. The minimum Gasteiger partial charge on any atom is -0.492 e. The molecule has 0 aromatic heterocycles. The fourth-order valence-corrected chi connectivity index (χ4v) is 2.38. The van der Waals surface area contributed by atoms with Crippen LogP contribution in [0.4, 0.5) is 0 Å². The maximum atomic E-state index is 6.07. The summed E-state index contributed by atoms with van der Waals surface area (Å²) < 4.78 is 5.50. The van der Waals surface area contributed by atoms with Crippen molar-refractivity contribution in [1.29, 1.82) is 0 Å². The normalized spacial score (nSPS) is 16.8. The van der Waals surface area contributed by atoms with Gasteiger partial charge in [-0.15, -0.1) is 0 Å². The summed E-state index contributed by atoms with van der Waals surface area (Å²) in [6.45, 7) is 5.72. The van der Waals surface area contributed by atoms with Gasteiger partial charge in [0.2, 0.25) is 0 Å². The van der Waals surface area contributed by atoms with E-state index in [1.54, 1.807) is 0 Å². The molecule has 0 radical (unpaired) electrons. The molecule has 0 spiro atoms. The molecular weight excluding hydrogens is 248 g/mol. The van der Waals surface area contributed by atoms with Crippen molar-refractivity contribution in [1.82, 2.24) is 10.6 Å². The fraction of sp³-hybridized carbons (Fsp3) is 0.571. The maximum absolute atomic E-state index is 6.07. The van der Waals surface area contributed by atoms with E-state index in [1.807, 2.05) is 19.1 Å². The average Bonchev–Trinajstić information content (AvgIpc) is 2.41. The Morgan fingerprint density at radius 1 is 1.39 bits per heavy atom. The molecule has 2 rings (SSSR count). The molecule has 0 atom stereocenters. The molecule has 1 saturated heterocycles. The van der Waals surface area contributed by atoms with E-state index >= 15 is 0 Å². The van der Waals surface area contributed by atoms with Gasteiger partial charge in [-0.2, -0.15) is 0 Å². The van der Waals surface area contributed by atoms with E-state index in [4.69, 9.17) is 16.3 Å². The lowest BCUT2D eigenvalue weighted by Crippen LogP contribution is -2.39.